The Kier molecular flexibility index (Phi) is 8.09. The molecule has 0 saturated heterocycles. The van der Waals surface area contributed by atoms with Gasteiger partial charge in [0.1, 0.15) is 0 Å². The highest BCUT2D eigenvalue weighted by Crippen LogP contribution is 2.42. The molecule has 10 aromatic rings. The normalized spacial score (nSPS) is 11.3. The van der Waals surface area contributed by atoms with Gasteiger partial charge in [-0.25, -0.2) is 0 Å². The summed E-state index contributed by atoms with van der Waals surface area (Å²) in [5.74, 6) is 0. The molecule has 0 fully saturated rings. The van der Waals surface area contributed by atoms with E-state index >= 15 is 0 Å². The van der Waals surface area contributed by atoms with Gasteiger partial charge in [0, 0.05) is 37.2 Å². The van der Waals surface area contributed by atoms with Crippen molar-refractivity contribution in [1.82, 2.24) is 0 Å². The van der Waals surface area contributed by atoms with Crippen molar-refractivity contribution in [2.24, 2.45) is 0 Å². The van der Waals surface area contributed by atoms with Crippen LogP contribution in [0.5, 0.6) is 0 Å². The van der Waals surface area contributed by atoms with Crippen LogP contribution in [0.15, 0.2) is 212 Å². The maximum absolute atomic E-state index is 2.39. The van der Waals surface area contributed by atoms with Crippen LogP contribution in [0.25, 0.3) is 75.5 Å². The molecule has 10 rings (SSSR count). The highest BCUT2D eigenvalue weighted by molar-refractivity contribution is 7.25. The molecule has 0 bridgehead atoms. The van der Waals surface area contributed by atoms with Gasteiger partial charge in [0.25, 0.3) is 0 Å². The average Bonchev–Trinajstić information content (AvgIpc) is 3.62. The van der Waals surface area contributed by atoms with E-state index in [0.29, 0.717) is 0 Å². The molecule has 0 saturated carbocycles. The predicted molar refractivity (Wildman–Crippen MR) is 233 cm³/mol. The molecule has 0 N–H and O–H groups in total. The Balaban J connectivity index is 1.07. The molecule has 1 aromatic heterocycles. The minimum atomic E-state index is 1.11. The van der Waals surface area contributed by atoms with E-state index in [2.05, 4.69) is 217 Å². The standard InChI is InChI=1S/C52H35NS/c1-2-12-36(13-3-1)39-16-8-17-40(32-39)37-26-28-44(29-27-37)53(46-30-31-50-49-23-6-7-25-51(49)54-52(50)35-46)45-21-10-19-42(34-45)41-18-9-20-43(33-41)48-24-11-15-38-14-4-5-22-47(38)48/h1-35H. The Morgan fingerprint density at radius 3 is 1.61 bits per heavy atom. The molecular formula is C52H35NS. The van der Waals surface area contributed by atoms with Crippen LogP contribution in [0.3, 0.4) is 0 Å². The number of nitrogens with zero attached hydrogens (tertiary/aromatic N) is 1. The summed E-state index contributed by atoms with van der Waals surface area (Å²) in [6.45, 7) is 0. The molecule has 0 amide bonds. The molecule has 54 heavy (non-hydrogen) atoms. The van der Waals surface area contributed by atoms with Crippen molar-refractivity contribution in [2.45, 2.75) is 0 Å². The van der Waals surface area contributed by atoms with E-state index < -0.39 is 0 Å². The first-order chi connectivity index (χ1) is 26.7. The van der Waals surface area contributed by atoms with Crippen molar-refractivity contribution in [1.29, 1.82) is 0 Å². The lowest BCUT2D eigenvalue weighted by Crippen LogP contribution is -2.10. The topological polar surface area (TPSA) is 3.24 Å². The van der Waals surface area contributed by atoms with Crippen molar-refractivity contribution >= 4 is 59.3 Å². The zero-order valence-electron chi connectivity index (χ0n) is 29.6. The summed E-state index contributed by atoms with van der Waals surface area (Å²) in [7, 11) is 0. The summed E-state index contributed by atoms with van der Waals surface area (Å²) in [6.07, 6.45) is 0. The minimum Gasteiger partial charge on any atom is -0.310 e. The van der Waals surface area contributed by atoms with Crippen molar-refractivity contribution < 1.29 is 0 Å². The third-order valence-corrected chi connectivity index (χ3v) is 11.6. The lowest BCUT2D eigenvalue weighted by atomic mass is 9.95. The molecular weight excluding hydrogens is 671 g/mol. The predicted octanol–water partition coefficient (Wildman–Crippen LogP) is 15.3. The van der Waals surface area contributed by atoms with E-state index in [1.807, 2.05) is 11.3 Å². The molecule has 2 heteroatoms. The summed E-state index contributed by atoms with van der Waals surface area (Å²) in [6, 6.07) is 77.2. The SMILES string of the molecule is c1ccc(-c2cccc(-c3ccc(N(c4cccc(-c5cccc(-c6cccc7ccccc67)c5)c4)c4ccc5c(c4)sc4ccccc45)cc3)c2)cc1. The van der Waals surface area contributed by atoms with Crippen molar-refractivity contribution in [3.63, 3.8) is 0 Å². The van der Waals surface area contributed by atoms with Crippen LogP contribution < -0.4 is 4.90 Å². The molecule has 9 aromatic carbocycles. The van der Waals surface area contributed by atoms with Crippen molar-refractivity contribution in [3.05, 3.63) is 212 Å². The van der Waals surface area contributed by atoms with Gasteiger partial charge < -0.3 is 4.90 Å². The van der Waals surface area contributed by atoms with Gasteiger partial charge in [-0.2, -0.15) is 0 Å². The average molecular weight is 706 g/mol. The Bertz CT molecular complexity index is 2930. The molecule has 0 spiro atoms. The van der Waals surface area contributed by atoms with Crippen LogP contribution in [0.4, 0.5) is 17.1 Å². The fraction of sp³-hybridized carbons (Fsp3) is 0. The van der Waals surface area contributed by atoms with E-state index in [9.17, 15) is 0 Å². The molecule has 254 valence electrons. The van der Waals surface area contributed by atoms with E-state index in [4.69, 9.17) is 0 Å². The van der Waals surface area contributed by atoms with Gasteiger partial charge in [-0.15, -0.1) is 11.3 Å². The zero-order chi connectivity index (χ0) is 35.8. The fourth-order valence-corrected chi connectivity index (χ4v) is 8.92. The van der Waals surface area contributed by atoms with Crippen LogP contribution in [0.2, 0.25) is 0 Å². The van der Waals surface area contributed by atoms with E-state index in [1.165, 1.54) is 75.5 Å². The Hall–Kier alpha value is -6.74. The van der Waals surface area contributed by atoms with E-state index in [-0.39, 0.29) is 0 Å². The zero-order valence-corrected chi connectivity index (χ0v) is 30.4. The number of anilines is 3. The van der Waals surface area contributed by atoms with Crippen LogP contribution in [0.1, 0.15) is 0 Å². The number of hydrogen-bond donors (Lipinski definition) is 0. The van der Waals surface area contributed by atoms with Gasteiger partial charge in [-0.1, -0.05) is 158 Å². The first kappa shape index (κ1) is 32.0. The Morgan fingerprint density at radius 1 is 0.278 bits per heavy atom. The van der Waals surface area contributed by atoms with E-state index in [1.54, 1.807) is 0 Å². The number of hydrogen-bond acceptors (Lipinski definition) is 2. The largest absolute Gasteiger partial charge is 0.310 e. The van der Waals surface area contributed by atoms with Gasteiger partial charge >= 0.3 is 0 Å². The highest BCUT2D eigenvalue weighted by atomic mass is 32.1. The molecule has 1 heterocycles. The van der Waals surface area contributed by atoms with Gasteiger partial charge in [-0.05, 0) is 110 Å². The maximum Gasteiger partial charge on any atom is 0.0476 e. The second-order valence-corrected chi connectivity index (χ2v) is 14.8. The molecule has 0 radical (unpaired) electrons. The fourth-order valence-electron chi connectivity index (χ4n) is 7.78. The smallest absolute Gasteiger partial charge is 0.0476 e. The number of fused-ring (bicyclic) bond motifs is 4. The van der Waals surface area contributed by atoms with Crippen LogP contribution in [0, 0.1) is 0 Å². The quantitative estimate of drug-likeness (QED) is 0.160. The highest BCUT2D eigenvalue weighted by Gasteiger charge is 2.16. The summed E-state index contributed by atoms with van der Waals surface area (Å²) >= 11 is 1.86. The Labute approximate surface area is 319 Å². The summed E-state index contributed by atoms with van der Waals surface area (Å²) in [5.41, 5.74) is 13.0. The van der Waals surface area contributed by atoms with Gasteiger partial charge in [-0.3, -0.25) is 0 Å². The minimum absolute atomic E-state index is 1.11. The van der Waals surface area contributed by atoms with Gasteiger partial charge in [0.05, 0.1) is 0 Å². The third-order valence-electron chi connectivity index (χ3n) is 10.4. The van der Waals surface area contributed by atoms with Crippen LogP contribution in [-0.2, 0) is 0 Å². The third kappa shape index (κ3) is 5.93. The van der Waals surface area contributed by atoms with Crippen LogP contribution in [-0.4, -0.2) is 0 Å². The second kappa shape index (κ2) is 13.7. The lowest BCUT2D eigenvalue weighted by molar-refractivity contribution is 1.29. The molecule has 0 unspecified atom stereocenters. The maximum atomic E-state index is 2.39. The second-order valence-electron chi connectivity index (χ2n) is 13.8. The summed E-state index contributed by atoms with van der Waals surface area (Å²) in [4.78, 5) is 2.39. The van der Waals surface area contributed by atoms with E-state index in [0.717, 1.165) is 17.1 Å². The van der Waals surface area contributed by atoms with Gasteiger partial charge in [0.15, 0.2) is 0 Å². The first-order valence-electron chi connectivity index (χ1n) is 18.4. The van der Waals surface area contributed by atoms with Crippen LogP contribution >= 0.6 is 11.3 Å². The number of thiophene rings is 1. The number of rotatable bonds is 7. The van der Waals surface area contributed by atoms with Crippen molar-refractivity contribution in [3.8, 4) is 44.5 Å². The molecule has 0 aliphatic rings. The monoisotopic (exact) mass is 705 g/mol. The molecule has 0 aliphatic heterocycles. The van der Waals surface area contributed by atoms with Gasteiger partial charge in [0.2, 0.25) is 0 Å². The summed E-state index contributed by atoms with van der Waals surface area (Å²) < 4.78 is 2.60. The molecule has 1 nitrogen and oxygen atoms in total. The molecule has 0 aliphatic carbocycles. The number of benzene rings is 9. The Morgan fingerprint density at radius 2 is 0.796 bits per heavy atom. The first-order valence-corrected chi connectivity index (χ1v) is 19.2. The lowest BCUT2D eigenvalue weighted by Gasteiger charge is -2.26. The summed E-state index contributed by atoms with van der Waals surface area (Å²) in [5, 5.41) is 5.13. The molecule has 0 atom stereocenters. The van der Waals surface area contributed by atoms with Crippen molar-refractivity contribution in [2.75, 3.05) is 4.90 Å².